The molecule has 1 aliphatic heterocycles. The van der Waals surface area contributed by atoms with Crippen molar-refractivity contribution in [2.75, 3.05) is 0 Å². The van der Waals surface area contributed by atoms with Gasteiger partial charge >= 0.3 is 5.97 Å². The molecule has 29 heavy (non-hydrogen) atoms. The Balaban J connectivity index is 1.82. The zero-order chi connectivity index (χ0) is 21.9. The highest BCUT2D eigenvalue weighted by atomic mass is 17.2. The first-order chi connectivity index (χ1) is 13.4. The van der Waals surface area contributed by atoms with Crippen LogP contribution in [0.15, 0.2) is 23.8 Å². The molecule has 1 saturated heterocycles. The Morgan fingerprint density at radius 1 is 1.31 bits per heavy atom. The lowest BCUT2D eigenvalue weighted by Gasteiger charge is -2.48. The Bertz CT molecular complexity index is 627. The third-order valence-corrected chi connectivity index (χ3v) is 7.31. The number of carboxylic acids is 1. The molecule has 4 atom stereocenters. The van der Waals surface area contributed by atoms with Gasteiger partial charge in [0.1, 0.15) is 11.7 Å². The topological polar surface area (TPSA) is 76.0 Å². The van der Waals surface area contributed by atoms with Crippen molar-refractivity contribution < 1.29 is 24.8 Å². The van der Waals surface area contributed by atoms with Gasteiger partial charge in [-0.25, -0.2) is 9.78 Å². The molecule has 0 amide bonds. The van der Waals surface area contributed by atoms with E-state index < -0.39 is 17.5 Å². The molecule has 0 spiro atoms. The van der Waals surface area contributed by atoms with Gasteiger partial charge in [0.15, 0.2) is 0 Å². The Morgan fingerprint density at radius 3 is 2.55 bits per heavy atom. The molecule has 2 N–H and O–H groups in total. The van der Waals surface area contributed by atoms with Gasteiger partial charge in [-0.2, -0.15) is 0 Å². The predicted molar refractivity (Wildman–Crippen MR) is 114 cm³/mol. The predicted octanol–water partition coefficient (Wildman–Crippen LogP) is 5.58. The molecule has 2 fully saturated rings. The maximum absolute atomic E-state index is 11.3. The first-order valence-electron chi connectivity index (χ1n) is 11.0. The normalized spacial score (nSPS) is 34.1. The van der Waals surface area contributed by atoms with Crippen LogP contribution in [0.5, 0.6) is 0 Å². The molecular formula is C24H40O5. The van der Waals surface area contributed by atoms with Gasteiger partial charge < -0.3 is 10.2 Å². The number of aliphatic carboxylic acids is 1. The molecule has 5 nitrogen and oxygen atoms in total. The molecule has 0 radical (unpaired) electrons. The molecule has 1 saturated carbocycles. The van der Waals surface area contributed by atoms with Crippen LogP contribution in [0.4, 0.5) is 0 Å². The van der Waals surface area contributed by atoms with E-state index in [0.717, 1.165) is 50.5 Å². The van der Waals surface area contributed by atoms with Gasteiger partial charge in [0.05, 0.1) is 11.5 Å². The number of carboxylic acid groups (broad SMARTS) is 1. The highest BCUT2D eigenvalue weighted by molar-refractivity contribution is 5.70. The summed E-state index contributed by atoms with van der Waals surface area (Å²) >= 11 is 0. The molecular weight excluding hydrogens is 368 g/mol. The smallest absolute Gasteiger partial charge is 0.308 e. The van der Waals surface area contributed by atoms with Crippen LogP contribution < -0.4 is 0 Å². The first kappa shape index (κ1) is 24.1. The minimum absolute atomic E-state index is 0.132. The molecule has 5 heteroatoms. The Hall–Kier alpha value is -1.17. The molecule has 0 bridgehead atoms. The number of hydrogen-bond acceptors (Lipinski definition) is 4. The largest absolute Gasteiger partial charge is 0.481 e. The van der Waals surface area contributed by atoms with Gasteiger partial charge in [-0.15, -0.1) is 0 Å². The highest BCUT2D eigenvalue weighted by Gasteiger charge is 2.47. The van der Waals surface area contributed by atoms with Crippen molar-refractivity contribution in [3.05, 3.63) is 23.8 Å². The van der Waals surface area contributed by atoms with E-state index in [-0.39, 0.29) is 17.1 Å². The molecule has 0 aromatic carbocycles. The average molecular weight is 409 g/mol. The highest BCUT2D eigenvalue weighted by Crippen LogP contribution is 2.49. The van der Waals surface area contributed by atoms with Crippen molar-refractivity contribution in [3.63, 3.8) is 0 Å². The minimum Gasteiger partial charge on any atom is -0.481 e. The lowest BCUT2D eigenvalue weighted by molar-refractivity contribution is -0.411. The molecule has 0 aromatic heterocycles. The molecule has 0 aromatic rings. The van der Waals surface area contributed by atoms with Gasteiger partial charge in [-0.1, -0.05) is 32.1 Å². The number of allylic oxidation sites excluding steroid dienone is 2. The van der Waals surface area contributed by atoms with Crippen LogP contribution in [0.25, 0.3) is 0 Å². The van der Waals surface area contributed by atoms with Crippen LogP contribution >= 0.6 is 0 Å². The molecule has 166 valence electrons. The summed E-state index contributed by atoms with van der Waals surface area (Å²) in [5.41, 5.74) is 0.941. The van der Waals surface area contributed by atoms with Crippen molar-refractivity contribution >= 4 is 5.97 Å². The average Bonchev–Trinajstić information content (AvgIpc) is 2.64. The maximum atomic E-state index is 11.3. The fourth-order valence-corrected chi connectivity index (χ4v) is 4.63. The Morgan fingerprint density at radius 2 is 2.00 bits per heavy atom. The summed E-state index contributed by atoms with van der Waals surface area (Å²) in [7, 11) is 0. The van der Waals surface area contributed by atoms with E-state index in [1.807, 2.05) is 6.92 Å². The van der Waals surface area contributed by atoms with Crippen LogP contribution in [0.1, 0.15) is 92.4 Å². The van der Waals surface area contributed by atoms with Crippen molar-refractivity contribution in [1.82, 2.24) is 0 Å². The van der Waals surface area contributed by atoms with Crippen LogP contribution in [0, 0.1) is 11.3 Å². The summed E-state index contributed by atoms with van der Waals surface area (Å²) in [4.78, 5) is 22.1. The summed E-state index contributed by atoms with van der Waals surface area (Å²) in [6.45, 7) is 14.3. The number of aliphatic hydroxyl groups is 1. The molecule has 1 aliphatic carbocycles. The monoisotopic (exact) mass is 408 g/mol. The van der Waals surface area contributed by atoms with Crippen molar-refractivity contribution in [2.45, 2.75) is 110 Å². The van der Waals surface area contributed by atoms with E-state index in [9.17, 15) is 9.90 Å². The van der Waals surface area contributed by atoms with Crippen molar-refractivity contribution in [2.24, 2.45) is 11.3 Å². The summed E-state index contributed by atoms with van der Waals surface area (Å²) in [6, 6.07) is 0. The van der Waals surface area contributed by atoms with E-state index in [1.54, 1.807) is 6.92 Å². The van der Waals surface area contributed by atoms with Gasteiger partial charge in [0.2, 0.25) is 0 Å². The second-order valence-corrected chi connectivity index (χ2v) is 10.1. The van der Waals surface area contributed by atoms with Crippen LogP contribution in [-0.2, 0) is 14.6 Å². The number of carbonyl (C=O) groups is 1. The standard InChI is InChI=1S/C24H40O5/c1-17(11-16-24(27)18(2)10-8-13-22(24,4)5)9-7-14-23(6)15-12-20(28-29-23)19(3)21(25)26/h9,19-20,27H,2,7-8,10-16H2,1,3-6H3,(H,25,26)/b17-9+/t19-,20+,23-,24?/m0/s1. The summed E-state index contributed by atoms with van der Waals surface area (Å²) in [5, 5.41) is 20.4. The number of hydrogen-bond donors (Lipinski definition) is 2. The van der Waals surface area contributed by atoms with E-state index in [2.05, 4.69) is 33.4 Å². The fraction of sp³-hybridized carbons (Fsp3) is 0.792. The van der Waals surface area contributed by atoms with E-state index in [0.29, 0.717) is 12.8 Å². The quantitative estimate of drug-likeness (QED) is 0.405. The van der Waals surface area contributed by atoms with Crippen LogP contribution in [0.2, 0.25) is 0 Å². The lowest BCUT2D eigenvalue weighted by Crippen LogP contribution is -2.48. The first-order valence-corrected chi connectivity index (χ1v) is 11.0. The van der Waals surface area contributed by atoms with E-state index in [4.69, 9.17) is 14.9 Å². The third-order valence-electron chi connectivity index (χ3n) is 7.31. The Kier molecular flexibility index (Phi) is 7.74. The van der Waals surface area contributed by atoms with E-state index >= 15 is 0 Å². The summed E-state index contributed by atoms with van der Waals surface area (Å²) < 4.78 is 0. The molecule has 2 aliphatic rings. The van der Waals surface area contributed by atoms with Crippen LogP contribution in [0.3, 0.4) is 0 Å². The second kappa shape index (κ2) is 9.32. The molecule has 1 heterocycles. The number of rotatable bonds is 8. The zero-order valence-corrected chi connectivity index (χ0v) is 18.9. The SMILES string of the molecule is C=C1CCCC(C)(C)C1(O)CC/C(C)=C/CC[C@@]1(C)CC[C@H]([C@H](C)C(=O)O)OO1. The summed E-state index contributed by atoms with van der Waals surface area (Å²) in [5.74, 6) is -1.42. The van der Waals surface area contributed by atoms with Crippen molar-refractivity contribution in [3.8, 4) is 0 Å². The van der Waals surface area contributed by atoms with Gasteiger partial charge in [0.25, 0.3) is 0 Å². The fourth-order valence-electron chi connectivity index (χ4n) is 4.63. The third kappa shape index (κ3) is 5.71. The molecule has 2 rings (SSSR count). The Labute approximate surface area is 176 Å². The maximum Gasteiger partial charge on any atom is 0.308 e. The van der Waals surface area contributed by atoms with E-state index in [1.165, 1.54) is 5.57 Å². The van der Waals surface area contributed by atoms with Gasteiger partial charge in [-0.05, 0) is 89.5 Å². The molecule has 1 unspecified atom stereocenters. The van der Waals surface area contributed by atoms with Gasteiger partial charge in [0, 0.05) is 0 Å². The minimum atomic E-state index is -0.855. The summed E-state index contributed by atoms with van der Waals surface area (Å²) in [6.07, 6.45) is 9.63. The lowest BCUT2D eigenvalue weighted by atomic mass is 9.61. The zero-order valence-electron chi connectivity index (χ0n) is 18.9. The van der Waals surface area contributed by atoms with Crippen molar-refractivity contribution in [1.29, 1.82) is 0 Å². The van der Waals surface area contributed by atoms with Gasteiger partial charge in [-0.3, -0.25) is 4.79 Å². The van der Waals surface area contributed by atoms with Crippen LogP contribution in [-0.4, -0.2) is 33.5 Å². The second-order valence-electron chi connectivity index (χ2n) is 10.1.